The Kier molecular flexibility index (Phi) is 13.7. The number of methoxy groups -OCH3 is 1. The van der Waals surface area contributed by atoms with Gasteiger partial charge in [0.15, 0.2) is 0 Å². The Bertz CT molecular complexity index is 802. The number of carbonyl (C=O) groups excluding carboxylic acids is 2. The second-order valence-corrected chi connectivity index (χ2v) is 9.86. The van der Waals surface area contributed by atoms with E-state index in [9.17, 15) is 14.7 Å². The molecule has 0 amide bonds. The summed E-state index contributed by atoms with van der Waals surface area (Å²) >= 11 is 1.75. The van der Waals surface area contributed by atoms with E-state index in [-0.39, 0.29) is 17.9 Å². The summed E-state index contributed by atoms with van der Waals surface area (Å²) in [4.78, 5) is 24.5. The number of hydrogen-bond acceptors (Lipinski definition) is 6. The lowest BCUT2D eigenvalue weighted by Crippen LogP contribution is -2.05. The lowest BCUT2D eigenvalue weighted by molar-refractivity contribution is -0.141. The normalized spacial score (nSPS) is 16.7. The summed E-state index contributed by atoms with van der Waals surface area (Å²) in [6.07, 6.45) is 12.2. The van der Waals surface area contributed by atoms with Crippen LogP contribution in [0.15, 0.2) is 53.1 Å². The van der Waals surface area contributed by atoms with Crippen LogP contribution in [0.2, 0.25) is 0 Å². The predicted molar refractivity (Wildman–Crippen MR) is 138 cm³/mol. The Hall–Kier alpha value is -2.05. The maximum Gasteiger partial charge on any atom is 0.310 e. The van der Waals surface area contributed by atoms with Crippen LogP contribution in [0.3, 0.4) is 0 Å². The summed E-state index contributed by atoms with van der Waals surface area (Å²) in [6, 6.07) is 10.3. The van der Waals surface area contributed by atoms with Gasteiger partial charge in [0.2, 0.25) is 0 Å². The average Bonchev–Trinajstić information content (AvgIpc) is 3.21. The highest BCUT2D eigenvalue weighted by Gasteiger charge is 2.27. The molecule has 0 heterocycles. The third kappa shape index (κ3) is 10.9. The molecule has 34 heavy (non-hydrogen) atoms. The fourth-order valence-electron chi connectivity index (χ4n) is 3.96. The number of hydrogen-bond donors (Lipinski definition) is 1. The molecule has 0 spiro atoms. The zero-order valence-electron chi connectivity index (χ0n) is 20.7. The number of benzene rings is 1. The number of carbonyl (C=O) groups is 2. The Morgan fingerprint density at radius 3 is 2.65 bits per heavy atom. The molecular weight excluding hydrogens is 448 g/mol. The first kappa shape index (κ1) is 28.2. The zero-order valence-corrected chi connectivity index (χ0v) is 21.5. The van der Waals surface area contributed by atoms with Crippen LogP contribution in [0.1, 0.15) is 76.7 Å². The number of ether oxygens (including phenoxy) is 2. The molecule has 1 aromatic carbocycles. The molecule has 0 saturated heterocycles. The van der Waals surface area contributed by atoms with E-state index in [2.05, 4.69) is 22.9 Å². The van der Waals surface area contributed by atoms with Gasteiger partial charge >= 0.3 is 11.9 Å². The second-order valence-electron chi connectivity index (χ2n) is 8.72. The highest BCUT2D eigenvalue weighted by Crippen LogP contribution is 2.41. The number of rotatable bonds is 16. The van der Waals surface area contributed by atoms with Crippen LogP contribution in [0.5, 0.6) is 0 Å². The van der Waals surface area contributed by atoms with Gasteiger partial charge in [0.25, 0.3) is 0 Å². The van der Waals surface area contributed by atoms with Crippen molar-refractivity contribution < 1.29 is 24.2 Å². The molecule has 0 radical (unpaired) electrons. The highest BCUT2D eigenvalue weighted by molar-refractivity contribution is 8.03. The molecule has 2 unspecified atom stereocenters. The smallest absolute Gasteiger partial charge is 0.310 e. The summed E-state index contributed by atoms with van der Waals surface area (Å²) in [5.74, 6) is 1.55. The Labute approximate surface area is 209 Å². The standard InChI is InChI=1S/C28H40O5S/c1-3-11-27(31)33-25-20-18-23(28(25)34-21-9-5-8-16-26(30)32-2)17-19-24(29)15-10-14-22-12-6-4-7-13-22/h4,6-7,12-13,17,19,23-24,29H,3,5,8-11,14-16,18,20-21H2,1-2H3/b19-17+. The van der Waals surface area contributed by atoms with E-state index in [1.54, 1.807) is 11.8 Å². The molecule has 0 bridgehead atoms. The fraction of sp³-hybridized carbons (Fsp3) is 0.571. The first-order valence-corrected chi connectivity index (χ1v) is 13.6. The molecule has 6 heteroatoms. The number of aliphatic hydroxyl groups is 1. The van der Waals surface area contributed by atoms with Crippen molar-refractivity contribution in [2.45, 2.75) is 83.7 Å². The quantitative estimate of drug-likeness (QED) is 0.166. The molecule has 1 aromatic rings. The molecule has 2 rings (SSSR count). The first-order chi connectivity index (χ1) is 16.5. The van der Waals surface area contributed by atoms with Gasteiger partial charge in [-0.3, -0.25) is 9.59 Å². The minimum Gasteiger partial charge on any atom is -0.469 e. The van der Waals surface area contributed by atoms with Gasteiger partial charge in [-0.25, -0.2) is 0 Å². The third-order valence-corrected chi connectivity index (χ3v) is 7.20. The Balaban J connectivity index is 1.86. The molecule has 1 N–H and O–H groups in total. The minimum absolute atomic E-state index is 0.163. The number of allylic oxidation sites excluding steroid dienone is 3. The SMILES string of the molecule is CCCC(=O)OC1=C(SCCCCCC(=O)OC)C(/C=C/C(O)CCCc2ccccc2)CC1. The summed E-state index contributed by atoms with van der Waals surface area (Å²) in [6.45, 7) is 1.97. The lowest BCUT2D eigenvalue weighted by atomic mass is 10.0. The van der Waals surface area contributed by atoms with E-state index in [0.717, 1.165) is 74.2 Å². The van der Waals surface area contributed by atoms with E-state index < -0.39 is 6.10 Å². The number of thioether (sulfide) groups is 1. The van der Waals surface area contributed by atoms with Gasteiger partial charge in [-0.1, -0.05) is 55.8 Å². The monoisotopic (exact) mass is 488 g/mol. The topological polar surface area (TPSA) is 72.8 Å². The predicted octanol–water partition coefficient (Wildman–Crippen LogP) is 6.36. The van der Waals surface area contributed by atoms with Crippen LogP contribution >= 0.6 is 11.8 Å². The van der Waals surface area contributed by atoms with Crippen LogP contribution in [0.25, 0.3) is 0 Å². The Morgan fingerprint density at radius 1 is 1.12 bits per heavy atom. The van der Waals surface area contributed by atoms with Gasteiger partial charge in [0.05, 0.1) is 13.2 Å². The van der Waals surface area contributed by atoms with Gasteiger partial charge in [-0.05, 0) is 56.3 Å². The lowest BCUT2D eigenvalue weighted by Gasteiger charge is -2.13. The van der Waals surface area contributed by atoms with Crippen molar-refractivity contribution in [1.82, 2.24) is 0 Å². The number of aryl methyl sites for hydroxylation is 1. The van der Waals surface area contributed by atoms with Crippen molar-refractivity contribution in [1.29, 1.82) is 0 Å². The van der Waals surface area contributed by atoms with Gasteiger partial charge < -0.3 is 14.6 Å². The largest absolute Gasteiger partial charge is 0.469 e. The van der Waals surface area contributed by atoms with Gasteiger partial charge in [-0.15, -0.1) is 11.8 Å². The average molecular weight is 489 g/mol. The summed E-state index contributed by atoms with van der Waals surface area (Å²) in [5.41, 5.74) is 1.29. The van der Waals surface area contributed by atoms with Crippen molar-refractivity contribution in [3.8, 4) is 0 Å². The summed E-state index contributed by atoms with van der Waals surface area (Å²) in [7, 11) is 1.42. The minimum atomic E-state index is -0.472. The van der Waals surface area contributed by atoms with Gasteiger partial charge in [-0.2, -0.15) is 0 Å². The number of unbranched alkanes of at least 4 members (excludes halogenated alkanes) is 2. The van der Waals surface area contributed by atoms with Crippen molar-refractivity contribution in [2.24, 2.45) is 5.92 Å². The maximum absolute atomic E-state index is 12.1. The van der Waals surface area contributed by atoms with Gasteiger partial charge in [0, 0.05) is 30.1 Å². The van der Waals surface area contributed by atoms with Crippen molar-refractivity contribution in [3.05, 3.63) is 58.7 Å². The number of aliphatic hydroxyl groups excluding tert-OH is 1. The van der Waals surface area contributed by atoms with Crippen LogP contribution < -0.4 is 0 Å². The van der Waals surface area contributed by atoms with E-state index in [1.165, 1.54) is 12.7 Å². The third-order valence-electron chi connectivity index (χ3n) is 5.87. The second kappa shape index (κ2) is 16.6. The molecule has 0 fully saturated rings. The summed E-state index contributed by atoms with van der Waals surface area (Å²) < 4.78 is 10.4. The zero-order chi connectivity index (χ0) is 24.6. The van der Waals surface area contributed by atoms with Crippen molar-refractivity contribution in [3.63, 3.8) is 0 Å². The van der Waals surface area contributed by atoms with E-state index in [0.29, 0.717) is 12.8 Å². The molecule has 0 aromatic heterocycles. The molecule has 0 aliphatic heterocycles. The number of esters is 2. The fourth-order valence-corrected chi connectivity index (χ4v) is 5.25. The maximum atomic E-state index is 12.1. The van der Waals surface area contributed by atoms with E-state index in [4.69, 9.17) is 4.74 Å². The van der Waals surface area contributed by atoms with Crippen LogP contribution in [-0.2, 0) is 25.5 Å². The Morgan fingerprint density at radius 2 is 1.91 bits per heavy atom. The first-order valence-electron chi connectivity index (χ1n) is 12.6. The van der Waals surface area contributed by atoms with E-state index >= 15 is 0 Å². The molecule has 0 saturated carbocycles. The van der Waals surface area contributed by atoms with Crippen molar-refractivity contribution in [2.75, 3.05) is 12.9 Å². The van der Waals surface area contributed by atoms with Crippen molar-refractivity contribution >= 4 is 23.7 Å². The van der Waals surface area contributed by atoms with Crippen LogP contribution in [0, 0.1) is 5.92 Å². The molecule has 5 nitrogen and oxygen atoms in total. The summed E-state index contributed by atoms with van der Waals surface area (Å²) in [5, 5.41) is 10.5. The highest BCUT2D eigenvalue weighted by atomic mass is 32.2. The molecule has 2 atom stereocenters. The van der Waals surface area contributed by atoms with E-state index in [1.807, 2.05) is 31.2 Å². The molecular formula is C28H40O5S. The molecule has 1 aliphatic carbocycles. The molecule has 1 aliphatic rings. The van der Waals surface area contributed by atoms with Crippen LogP contribution in [-0.4, -0.2) is 36.0 Å². The molecule has 188 valence electrons. The van der Waals surface area contributed by atoms with Gasteiger partial charge in [0.1, 0.15) is 5.76 Å². The van der Waals surface area contributed by atoms with Crippen LogP contribution in [0.4, 0.5) is 0 Å².